The highest BCUT2D eigenvalue weighted by Gasteiger charge is 2.21. The van der Waals surface area contributed by atoms with Crippen molar-refractivity contribution in [2.24, 2.45) is 5.41 Å². The van der Waals surface area contributed by atoms with E-state index in [1.807, 2.05) is 12.2 Å². The van der Waals surface area contributed by atoms with Crippen molar-refractivity contribution >= 4 is 8.07 Å². The zero-order valence-corrected chi connectivity index (χ0v) is 17.1. The first kappa shape index (κ1) is 21.6. The lowest BCUT2D eigenvalue weighted by Gasteiger charge is -2.26. The number of methoxy groups -OCH3 is 2. The van der Waals surface area contributed by atoms with Gasteiger partial charge in [0.2, 0.25) is 0 Å². The van der Waals surface area contributed by atoms with Crippen molar-refractivity contribution in [2.45, 2.75) is 59.2 Å². The average molecular weight is 335 g/mol. The first-order chi connectivity index (χ1) is 10.6. The minimum atomic E-state index is -1.23. The van der Waals surface area contributed by atoms with Crippen LogP contribution in [0.1, 0.15) is 39.5 Å². The van der Waals surface area contributed by atoms with E-state index in [0.29, 0.717) is 5.76 Å². The minimum Gasteiger partial charge on any atom is -0.504 e. The number of hydrogen-bond donors (Lipinski definition) is 0. The summed E-state index contributed by atoms with van der Waals surface area (Å²) in [5.41, 5.74) is 4.64. The Balaban J connectivity index is 4.66. The van der Waals surface area contributed by atoms with E-state index in [1.165, 1.54) is 5.57 Å². The molecule has 0 aromatic carbocycles. The van der Waals surface area contributed by atoms with Gasteiger partial charge < -0.3 is 9.47 Å². The molecule has 2 nitrogen and oxygen atoms in total. The summed E-state index contributed by atoms with van der Waals surface area (Å²) in [5.74, 6) is 4.01. The molecule has 0 amide bonds. The normalized spacial score (nSPS) is 12.7. The molecule has 0 N–H and O–H groups in total. The van der Waals surface area contributed by atoms with Crippen molar-refractivity contribution in [2.75, 3.05) is 14.2 Å². The maximum atomic E-state index is 5.19. The van der Waals surface area contributed by atoms with Crippen LogP contribution in [0.4, 0.5) is 0 Å². The van der Waals surface area contributed by atoms with Crippen LogP contribution in [-0.2, 0) is 9.47 Å². The molecule has 130 valence electrons. The van der Waals surface area contributed by atoms with Crippen LogP contribution in [-0.4, -0.2) is 22.3 Å². The van der Waals surface area contributed by atoms with Gasteiger partial charge in [-0.25, -0.2) is 0 Å². The highest BCUT2D eigenvalue weighted by molar-refractivity contribution is 6.83. The Hall–Kier alpha value is -1.40. The Morgan fingerprint density at radius 3 is 2.35 bits per heavy atom. The molecular formula is C20H34O2Si. The monoisotopic (exact) mass is 334 g/mol. The summed E-state index contributed by atoms with van der Waals surface area (Å²) < 4.78 is 10.3. The molecule has 0 spiro atoms. The standard InChI is InChI=1S/C20H34O2Si/c1-18(22-5)17-19(13-15-21-4)20(2,3)14-11-9-10-12-16-23(6,7)8/h13,15,17H,1,9-11,14H2,2-8H3. The summed E-state index contributed by atoms with van der Waals surface area (Å²) in [6.07, 6.45) is 10.1. The third kappa shape index (κ3) is 10.9. The van der Waals surface area contributed by atoms with E-state index in [2.05, 4.69) is 51.5 Å². The van der Waals surface area contributed by atoms with Crippen molar-refractivity contribution in [1.82, 2.24) is 0 Å². The Labute approximate surface area is 144 Å². The van der Waals surface area contributed by atoms with E-state index >= 15 is 0 Å². The molecule has 0 radical (unpaired) electrons. The summed E-state index contributed by atoms with van der Waals surface area (Å²) >= 11 is 0. The third-order valence-corrected chi connectivity index (χ3v) is 4.49. The van der Waals surface area contributed by atoms with Gasteiger partial charge in [0, 0.05) is 6.42 Å². The van der Waals surface area contributed by atoms with Crippen LogP contribution in [0.3, 0.4) is 0 Å². The van der Waals surface area contributed by atoms with Gasteiger partial charge in [0.25, 0.3) is 0 Å². The van der Waals surface area contributed by atoms with Crippen LogP contribution in [0.5, 0.6) is 0 Å². The Morgan fingerprint density at radius 1 is 1.17 bits per heavy atom. The van der Waals surface area contributed by atoms with Gasteiger partial charge >= 0.3 is 0 Å². The molecule has 0 aliphatic carbocycles. The van der Waals surface area contributed by atoms with Crippen LogP contribution in [0.15, 0.2) is 36.3 Å². The molecule has 0 bridgehead atoms. The Morgan fingerprint density at radius 2 is 1.83 bits per heavy atom. The molecule has 0 saturated heterocycles. The lowest BCUT2D eigenvalue weighted by molar-refractivity contribution is 0.305. The minimum absolute atomic E-state index is 0.0444. The van der Waals surface area contributed by atoms with Gasteiger partial charge in [-0.2, -0.15) is 0 Å². The van der Waals surface area contributed by atoms with Crippen molar-refractivity contribution < 1.29 is 9.47 Å². The third-order valence-electron chi connectivity index (χ3n) is 3.56. The van der Waals surface area contributed by atoms with Gasteiger partial charge in [0.05, 0.1) is 20.5 Å². The maximum absolute atomic E-state index is 5.19. The van der Waals surface area contributed by atoms with E-state index in [1.54, 1.807) is 20.5 Å². The van der Waals surface area contributed by atoms with Gasteiger partial charge in [0.1, 0.15) is 13.8 Å². The van der Waals surface area contributed by atoms with E-state index in [-0.39, 0.29) is 5.41 Å². The van der Waals surface area contributed by atoms with E-state index in [0.717, 1.165) is 25.7 Å². The molecule has 0 heterocycles. The average Bonchev–Trinajstić information content (AvgIpc) is 2.45. The van der Waals surface area contributed by atoms with Gasteiger partial charge in [-0.1, -0.05) is 46.5 Å². The zero-order chi connectivity index (χ0) is 17.9. The quantitative estimate of drug-likeness (QED) is 0.177. The summed E-state index contributed by atoms with van der Waals surface area (Å²) in [6.45, 7) is 15.2. The van der Waals surface area contributed by atoms with Crippen molar-refractivity contribution in [3.63, 3.8) is 0 Å². The number of rotatable bonds is 9. The molecule has 0 aromatic rings. The molecule has 0 aliphatic heterocycles. The second-order valence-electron chi connectivity index (χ2n) is 7.45. The lowest BCUT2D eigenvalue weighted by Crippen LogP contribution is -2.16. The number of ether oxygens (including phenoxy) is 2. The highest BCUT2D eigenvalue weighted by atomic mass is 28.3. The fourth-order valence-corrected chi connectivity index (χ4v) is 2.75. The lowest BCUT2D eigenvalue weighted by atomic mass is 9.79. The van der Waals surface area contributed by atoms with E-state index in [9.17, 15) is 0 Å². The molecule has 0 aliphatic rings. The maximum Gasteiger partial charge on any atom is 0.129 e. The number of hydrogen-bond acceptors (Lipinski definition) is 2. The number of allylic oxidation sites excluding steroid dienone is 3. The van der Waals surface area contributed by atoms with Gasteiger partial charge in [-0.3, -0.25) is 0 Å². The largest absolute Gasteiger partial charge is 0.504 e. The van der Waals surface area contributed by atoms with Crippen LogP contribution < -0.4 is 0 Å². The van der Waals surface area contributed by atoms with Crippen LogP contribution in [0.25, 0.3) is 0 Å². The molecule has 0 unspecified atom stereocenters. The predicted octanol–water partition coefficient (Wildman–Crippen LogP) is 5.70. The van der Waals surface area contributed by atoms with Crippen molar-refractivity contribution in [3.05, 3.63) is 36.3 Å². The number of unbranched alkanes of at least 4 members (excludes halogenated alkanes) is 2. The first-order valence-corrected chi connectivity index (χ1v) is 11.8. The second-order valence-corrected chi connectivity index (χ2v) is 12.2. The predicted molar refractivity (Wildman–Crippen MR) is 104 cm³/mol. The molecule has 0 atom stereocenters. The summed E-state index contributed by atoms with van der Waals surface area (Å²) in [6, 6.07) is 0. The van der Waals surface area contributed by atoms with Gasteiger partial charge in [0.15, 0.2) is 0 Å². The SMILES string of the molecule is C=C(C=C(C=COC)C(C)(C)CCCCC#C[Si](C)(C)C)OC. The van der Waals surface area contributed by atoms with Gasteiger partial charge in [-0.15, -0.1) is 11.5 Å². The van der Waals surface area contributed by atoms with Crippen LogP contribution >= 0.6 is 0 Å². The molecule has 0 saturated carbocycles. The summed E-state index contributed by atoms with van der Waals surface area (Å²) in [4.78, 5) is 0. The van der Waals surface area contributed by atoms with Gasteiger partial charge in [-0.05, 0) is 36.0 Å². The Bertz CT molecular complexity index is 482. The zero-order valence-electron chi connectivity index (χ0n) is 16.1. The molecule has 0 aromatic heterocycles. The van der Waals surface area contributed by atoms with Crippen molar-refractivity contribution in [1.29, 1.82) is 0 Å². The first-order valence-electron chi connectivity index (χ1n) is 8.27. The molecular weight excluding hydrogens is 300 g/mol. The van der Waals surface area contributed by atoms with E-state index < -0.39 is 8.07 Å². The van der Waals surface area contributed by atoms with Crippen LogP contribution in [0, 0.1) is 16.9 Å². The smallest absolute Gasteiger partial charge is 0.129 e. The fraction of sp³-hybridized carbons (Fsp3) is 0.600. The Kier molecular flexibility index (Phi) is 9.75. The molecule has 3 heteroatoms. The topological polar surface area (TPSA) is 18.5 Å². The van der Waals surface area contributed by atoms with Crippen molar-refractivity contribution in [3.8, 4) is 11.5 Å². The van der Waals surface area contributed by atoms with Crippen LogP contribution in [0.2, 0.25) is 19.6 Å². The highest BCUT2D eigenvalue weighted by Crippen LogP contribution is 2.34. The van der Waals surface area contributed by atoms with E-state index in [4.69, 9.17) is 9.47 Å². The molecule has 0 fully saturated rings. The fourth-order valence-electron chi connectivity index (χ4n) is 2.10. The molecule has 0 rings (SSSR count). The summed E-state index contributed by atoms with van der Waals surface area (Å²) in [5, 5.41) is 0. The summed E-state index contributed by atoms with van der Waals surface area (Å²) in [7, 11) is 2.07. The second kappa shape index (κ2) is 10.4. The molecule has 23 heavy (non-hydrogen) atoms.